The van der Waals surface area contributed by atoms with Crippen molar-refractivity contribution in [1.82, 2.24) is 9.97 Å². The molecular weight excluding hydrogens is 355 g/mol. The average Bonchev–Trinajstić information content (AvgIpc) is 2.65. The van der Waals surface area contributed by atoms with Crippen LogP contribution in [0.3, 0.4) is 0 Å². The van der Waals surface area contributed by atoms with Gasteiger partial charge in [-0.1, -0.05) is 23.7 Å². The molecule has 0 atom stereocenters. The van der Waals surface area contributed by atoms with E-state index in [2.05, 4.69) is 9.97 Å². The van der Waals surface area contributed by atoms with Gasteiger partial charge in [0, 0.05) is 18.0 Å². The first-order valence-electron chi connectivity index (χ1n) is 7.57. The Labute approximate surface area is 153 Å². The molecule has 3 rings (SSSR count). The lowest BCUT2D eigenvalue weighted by Gasteiger charge is -2.08. The number of nitrogens with two attached hydrogens (primary N) is 1. The standard InChI is InChI=1S/C19H12ClFN4O/c20-15-7-11(1-3-16(15)21)5-12-2-4-17(24-9-12)14-6-13(8-22)10-25-18(14)19(23)26/h1-4,6-7,9-10H,5H2,(H2,23,26). The van der Waals surface area contributed by atoms with Gasteiger partial charge in [-0.2, -0.15) is 5.26 Å². The van der Waals surface area contributed by atoms with Crippen molar-refractivity contribution in [2.24, 2.45) is 5.73 Å². The molecule has 2 heterocycles. The maximum atomic E-state index is 13.2. The van der Waals surface area contributed by atoms with E-state index in [1.807, 2.05) is 12.1 Å². The fourth-order valence-electron chi connectivity index (χ4n) is 2.49. The number of carbonyl (C=O) groups excluding carboxylic acids is 1. The van der Waals surface area contributed by atoms with Gasteiger partial charge in [0.2, 0.25) is 0 Å². The normalized spacial score (nSPS) is 10.3. The van der Waals surface area contributed by atoms with Crippen molar-refractivity contribution < 1.29 is 9.18 Å². The van der Waals surface area contributed by atoms with Gasteiger partial charge < -0.3 is 5.73 Å². The average molecular weight is 367 g/mol. The fraction of sp³-hybridized carbons (Fsp3) is 0.0526. The molecule has 1 aromatic carbocycles. The molecule has 0 aliphatic rings. The molecule has 0 saturated heterocycles. The van der Waals surface area contributed by atoms with Crippen LogP contribution in [0.1, 0.15) is 27.2 Å². The molecule has 7 heteroatoms. The lowest BCUT2D eigenvalue weighted by atomic mass is 10.0. The monoisotopic (exact) mass is 366 g/mol. The Hall–Kier alpha value is -3.30. The third kappa shape index (κ3) is 3.68. The molecule has 3 aromatic rings. The van der Waals surface area contributed by atoms with Crippen molar-refractivity contribution in [2.45, 2.75) is 6.42 Å². The van der Waals surface area contributed by atoms with E-state index >= 15 is 0 Å². The van der Waals surface area contributed by atoms with Crippen LogP contribution in [0.15, 0.2) is 48.8 Å². The maximum absolute atomic E-state index is 13.2. The van der Waals surface area contributed by atoms with E-state index < -0.39 is 11.7 Å². The zero-order chi connectivity index (χ0) is 18.7. The summed E-state index contributed by atoms with van der Waals surface area (Å²) in [5, 5.41) is 9.09. The van der Waals surface area contributed by atoms with E-state index in [0.717, 1.165) is 11.1 Å². The number of hydrogen-bond donors (Lipinski definition) is 1. The van der Waals surface area contributed by atoms with Gasteiger partial charge >= 0.3 is 0 Å². The highest BCUT2D eigenvalue weighted by Gasteiger charge is 2.14. The van der Waals surface area contributed by atoms with Gasteiger partial charge in [-0.05, 0) is 41.8 Å². The number of pyridine rings is 2. The van der Waals surface area contributed by atoms with Crippen LogP contribution >= 0.6 is 11.6 Å². The molecule has 0 unspecified atom stereocenters. The Balaban J connectivity index is 1.91. The van der Waals surface area contributed by atoms with Crippen molar-refractivity contribution in [3.63, 3.8) is 0 Å². The summed E-state index contributed by atoms with van der Waals surface area (Å²) < 4.78 is 13.2. The van der Waals surface area contributed by atoms with Crippen molar-refractivity contribution in [2.75, 3.05) is 0 Å². The largest absolute Gasteiger partial charge is 0.364 e. The molecule has 26 heavy (non-hydrogen) atoms. The summed E-state index contributed by atoms with van der Waals surface area (Å²) >= 11 is 5.79. The fourth-order valence-corrected chi connectivity index (χ4v) is 2.69. The Kier molecular flexibility index (Phi) is 4.92. The van der Waals surface area contributed by atoms with E-state index in [1.165, 1.54) is 18.3 Å². The molecule has 2 aromatic heterocycles. The molecule has 0 aliphatic heterocycles. The second-order valence-corrected chi connectivity index (χ2v) is 5.98. The molecule has 128 valence electrons. The number of nitriles is 1. The predicted molar refractivity (Wildman–Crippen MR) is 94.9 cm³/mol. The lowest BCUT2D eigenvalue weighted by molar-refractivity contribution is 0.0996. The first-order valence-corrected chi connectivity index (χ1v) is 7.95. The van der Waals surface area contributed by atoms with Crippen molar-refractivity contribution >= 4 is 17.5 Å². The number of amides is 1. The molecular formula is C19H12ClFN4O. The van der Waals surface area contributed by atoms with E-state index in [4.69, 9.17) is 22.6 Å². The van der Waals surface area contributed by atoms with Crippen LogP contribution in [0.25, 0.3) is 11.3 Å². The van der Waals surface area contributed by atoms with Crippen LogP contribution in [0, 0.1) is 17.1 Å². The highest BCUT2D eigenvalue weighted by molar-refractivity contribution is 6.30. The van der Waals surface area contributed by atoms with Gasteiger partial charge in [0.25, 0.3) is 5.91 Å². The number of nitrogens with zero attached hydrogens (tertiary/aromatic N) is 3. The van der Waals surface area contributed by atoms with Gasteiger partial charge in [-0.3, -0.25) is 9.78 Å². The molecule has 2 N–H and O–H groups in total. The first kappa shape index (κ1) is 17.5. The summed E-state index contributed by atoms with van der Waals surface area (Å²) in [5.74, 6) is -1.16. The molecule has 0 radical (unpaired) electrons. The van der Waals surface area contributed by atoms with Crippen LogP contribution in [-0.2, 0) is 6.42 Å². The minimum Gasteiger partial charge on any atom is -0.364 e. The Morgan fingerprint density at radius 3 is 2.54 bits per heavy atom. The number of aromatic nitrogens is 2. The molecule has 0 fully saturated rings. The van der Waals surface area contributed by atoms with Crippen LogP contribution in [0.2, 0.25) is 5.02 Å². The third-order valence-corrected chi connectivity index (χ3v) is 4.03. The lowest BCUT2D eigenvalue weighted by Crippen LogP contribution is -2.15. The molecule has 0 spiro atoms. The SMILES string of the molecule is N#Cc1cnc(C(N)=O)c(-c2ccc(Cc3ccc(F)c(Cl)c3)cn2)c1. The summed E-state index contributed by atoms with van der Waals surface area (Å²) in [6.45, 7) is 0. The van der Waals surface area contributed by atoms with Gasteiger partial charge in [-0.15, -0.1) is 0 Å². The zero-order valence-corrected chi connectivity index (χ0v) is 14.2. The van der Waals surface area contributed by atoms with Crippen molar-refractivity contribution in [3.05, 3.63) is 82.0 Å². The number of carbonyl (C=O) groups is 1. The second kappa shape index (κ2) is 7.30. The minimum atomic E-state index is -0.698. The number of halogens is 2. The first-order chi connectivity index (χ1) is 12.5. The van der Waals surface area contributed by atoms with Gasteiger partial charge in [0.1, 0.15) is 17.6 Å². The van der Waals surface area contributed by atoms with Crippen LogP contribution < -0.4 is 5.73 Å². The highest BCUT2D eigenvalue weighted by Crippen LogP contribution is 2.23. The van der Waals surface area contributed by atoms with E-state index in [0.29, 0.717) is 23.2 Å². The Morgan fingerprint density at radius 2 is 1.92 bits per heavy atom. The topological polar surface area (TPSA) is 92.7 Å². The van der Waals surface area contributed by atoms with Gasteiger partial charge in [-0.25, -0.2) is 9.37 Å². The maximum Gasteiger partial charge on any atom is 0.268 e. The van der Waals surface area contributed by atoms with Gasteiger partial charge in [0.05, 0.1) is 16.3 Å². The molecule has 1 amide bonds. The van der Waals surface area contributed by atoms with Crippen LogP contribution in [0.5, 0.6) is 0 Å². The second-order valence-electron chi connectivity index (χ2n) is 5.57. The van der Waals surface area contributed by atoms with Crippen molar-refractivity contribution in [3.8, 4) is 17.3 Å². The van der Waals surface area contributed by atoms with Gasteiger partial charge in [0.15, 0.2) is 0 Å². The Morgan fingerprint density at radius 1 is 1.15 bits per heavy atom. The number of benzene rings is 1. The number of primary amides is 1. The van der Waals surface area contributed by atoms with Crippen molar-refractivity contribution in [1.29, 1.82) is 5.26 Å². The zero-order valence-electron chi connectivity index (χ0n) is 13.4. The highest BCUT2D eigenvalue weighted by atomic mass is 35.5. The summed E-state index contributed by atoms with van der Waals surface area (Å²) in [7, 11) is 0. The molecule has 0 saturated carbocycles. The Bertz CT molecular complexity index is 1030. The third-order valence-electron chi connectivity index (χ3n) is 3.74. The number of rotatable bonds is 4. The predicted octanol–water partition coefficient (Wildman–Crippen LogP) is 3.50. The quantitative estimate of drug-likeness (QED) is 0.764. The minimum absolute atomic E-state index is 0.0505. The summed E-state index contributed by atoms with van der Waals surface area (Å²) in [5.41, 5.74) is 8.29. The summed E-state index contributed by atoms with van der Waals surface area (Å²) in [6.07, 6.45) is 3.44. The molecule has 0 bridgehead atoms. The van der Waals surface area contributed by atoms with E-state index in [-0.39, 0.29) is 10.7 Å². The van der Waals surface area contributed by atoms with Crippen LogP contribution in [0.4, 0.5) is 4.39 Å². The summed E-state index contributed by atoms with van der Waals surface area (Å²) in [4.78, 5) is 19.9. The molecule has 0 aliphatic carbocycles. The van der Waals surface area contributed by atoms with Crippen LogP contribution in [-0.4, -0.2) is 15.9 Å². The summed E-state index contributed by atoms with van der Waals surface area (Å²) in [6, 6.07) is 11.6. The van der Waals surface area contributed by atoms with E-state index in [1.54, 1.807) is 24.4 Å². The molecule has 5 nitrogen and oxygen atoms in total. The number of hydrogen-bond acceptors (Lipinski definition) is 4. The van der Waals surface area contributed by atoms with E-state index in [9.17, 15) is 9.18 Å². The smallest absolute Gasteiger partial charge is 0.268 e.